The van der Waals surface area contributed by atoms with E-state index in [9.17, 15) is 0 Å². The highest BCUT2D eigenvalue weighted by Gasteiger charge is 2.20. The van der Waals surface area contributed by atoms with Crippen LogP contribution in [0.25, 0.3) is 0 Å². The van der Waals surface area contributed by atoms with E-state index >= 15 is 0 Å². The molecule has 0 radical (unpaired) electrons. The first-order chi connectivity index (χ1) is 5.08. The third-order valence-corrected chi connectivity index (χ3v) is 2.16. The molecule has 1 saturated heterocycles. The zero-order valence-corrected chi connectivity index (χ0v) is 8.02. The lowest BCUT2D eigenvalue weighted by Gasteiger charge is -2.28. The van der Waals surface area contributed by atoms with Gasteiger partial charge in [-0.05, 0) is 30.6 Å². The van der Waals surface area contributed by atoms with Gasteiger partial charge in [-0.15, -0.1) is 0 Å². The Morgan fingerprint density at radius 2 is 2.09 bits per heavy atom. The van der Waals surface area contributed by atoms with Gasteiger partial charge < -0.3 is 4.74 Å². The maximum atomic E-state index is 5.43. The molecule has 1 rings (SSSR count). The van der Waals surface area contributed by atoms with Crippen LogP contribution in [0.15, 0.2) is 0 Å². The van der Waals surface area contributed by atoms with Crippen LogP contribution >= 0.6 is 0 Å². The van der Waals surface area contributed by atoms with Gasteiger partial charge in [0.25, 0.3) is 0 Å². The Bertz CT molecular complexity index is 107. The summed E-state index contributed by atoms with van der Waals surface area (Å²) in [5, 5.41) is 0. The number of ether oxygens (including phenoxy) is 1. The van der Waals surface area contributed by atoms with Crippen molar-refractivity contribution in [2.45, 2.75) is 40.0 Å². The van der Waals surface area contributed by atoms with Crippen molar-refractivity contribution in [1.29, 1.82) is 0 Å². The summed E-state index contributed by atoms with van der Waals surface area (Å²) in [6.45, 7) is 8.91. The first kappa shape index (κ1) is 9.05. The van der Waals surface area contributed by atoms with Crippen molar-refractivity contribution >= 4 is 0 Å². The van der Waals surface area contributed by atoms with Crippen LogP contribution in [0.1, 0.15) is 40.0 Å². The van der Waals surface area contributed by atoms with Crippen molar-refractivity contribution in [3.05, 3.63) is 0 Å². The molecule has 0 saturated carbocycles. The van der Waals surface area contributed by atoms with Crippen LogP contribution in [0.5, 0.6) is 0 Å². The van der Waals surface area contributed by atoms with Crippen molar-refractivity contribution in [2.75, 3.05) is 13.2 Å². The zero-order chi connectivity index (χ0) is 8.32. The molecular formula is C10H20O. The molecule has 66 valence electrons. The van der Waals surface area contributed by atoms with E-state index in [1.807, 2.05) is 0 Å². The van der Waals surface area contributed by atoms with Gasteiger partial charge in [0, 0.05) is 13.2 Å². The first-order valence-electron chi connectivity index (χ1n) is 4.66. The molecule has 0 unspecified atom stereocenters. The second kappa shape index (κ2) is 3.57. The topological polar surface area (TPSA) is 9.23 Å². The fourth-order valence-corrected chi connectivity index (χ4v) is 1.83. The van der Waals surface area contributed by atoms with Gasteiger partial charge in [-0.3, -0.25) is 0 Å². The largest absolute Gasteiger partial charge is 0.381 e. The third-order valence-electron chi connectivity index (χ3n) is 2.16. The fraction of sp³-hybridized carbons (Fsp3) is 1.00. The van der Waals surface area contributed by atoms with E-state index in [0.29, 0.717) is 5.41 Å². The smallest absolute Gasteiger partial charge is 0.0494 e. The SMILES string of the molecule is CC(C)(C)C[C@H]1CCCOC1. The number of hydrogen-bond acceptors (Lipinski definition) is 1. The molecule has 0 N–H and O–H groups in total. The second-order valence-corrected chi connectivity index (χ2v) is 4.85. The quantitative estimate of drug-likeness (QED) is 0.567. The van der Waals surface area contributed by atoms with Crippen LogP contribution in [-0.2, 0) is 4.74 Å². The molecular weight excluding hydrogens is 136 g/mol. The first-order valence-corrected chi connectivity index (χ1v) is 4.66. The van der Waals surface area contributed by atoms with E-state index in [1.165, 1.54) is 19.3 Å². The lowest BCUT2D eigenvalue weighted by atomic mass is 9.82. The Balaban J connectivity index is 2.24. The molecule has 1 fully saturated rings. The van der Waals surface area contributed by atoms with Gasteiger partial charge in [-0.2, -0.15) is 0 Å². The van der Waals surface area contributed by atoms with Crippen LogP contribution in [0, 0.1) is 11.3 Å². The molecule has 0 spiro atoms. The highest BCUT2D eigenvalue weighted by molar-refractivity contribution is 4.71. The molecule has 1 atom stereocenters. The van der Waals surface area contributed by atoms with Crippen LogP contribution < -0.4 is 0 Å². The predicted octanol–water partition coefficient (Wildman–Crippen LogP) is 2.85. The predicted molar refractivity (Wildman–Crippen MR) is 47.6 cm³/mol. The summed E-state index contributed by atoms with van der Waals surface area (Å²) >= 11 is 0. The highest BCUT2D eigenvalue weighted by Crippen LogP contribution is 2.28. The van der Waals surface area contributed by atoms with E-state index in [2.05, 4.69) is 20.8 Å². The maximum absolute atomic E-state index is 5.43. The monoisotopic (exact) mass is 156 g/mol. The lowest BCUT2D eigenvalue weighted by Crippen LogP contribution is -2.22. The minimum Gasteiger partial charge on any atom is -0.381 e. The summed E-state index contributed by atoms with van der Waals surface area (Å²) in [6, 6.07) is 0. The Morgan fingerprint density at radius 1 is 1.36 bits per heavy atom. The Hall–Kier alpha value is -0.0400. The fourth-order valence-electron chi connectivity index (χ4n) is 1.83. The number of hydrogen-bond donors (Lipinski definition) is 0. The summed E-state index contributed by atoms with van der Waals surface area (Å²) in [4.78, 5) is 0. The molecule has 0 aliphatic carbocycles. The minimum atomic E-state index is 0.478. The average molecular weight is 156 g/mol. The van der Waals surface area contributed by atoms with E-state index in [1.54, 1.807) is 0 Å². The molecule has 0 aromatic heterocycles. The Kier molecular flexibility index (Phi) is 2.94. The van der Waals surface area contributed by atoms with Crippen LogP contribution in [-0.4, -0.2) is 13.2 Å². The van der Waals surface area contributed by atoms with Crippen LogP contribution in [0.2, 0.25) is 0 Å². The van der Waals surface area contributed by atoms with Crippen molar-refractivity contribution < 1.29 is 4.74 Å². The summed E-state index contributed by atoms with van der Waals surface area (Å²) in [5.41, 5.74) is 0.478. The van der Waals surface area contributed by atoms with E-state index in [-0.39, 0.29) is 0 Å². The molecule has 1 nitrogen and oxygen atoms in total. The summed E-state index contributed by atoms with van der Waals surface area (Å²) in [6.07, 6.45) is 3.95. The minimum absolute atomic E-state index is 0.478. The van der Waals surface area contributed by atoms with Gasteiger partial charge in [0.05, 0.1) is 0 Å². The lowest BCUT2D eigenvalue weighted by molar-refractivity contribution is 0.0387. The molecule has 1 aliphatic rings. The second-order valence-electron chi connectivity index (χ2n) is 4.85. The van der Waals surface area contributed by atoms with Crippen LogP contribution in [0.3, 0.4) is 0 Å². The van der Waals surface area contributed by atoms with E-state index in [0.717, 1.165) is 19.1 Å². The van der Waals surface area contributed by atoms with Crippen molar-refractivity contribution in [2.24, 2.45) is 11.3 Å². The summed E-state index contributed by atoms with van der Waals surface area (Å²) < 4.78 is 5.43. The van der Waals surface area contributed by atoms with Gasteiger partial charge in [-0.1, -0.05) is 20.8 Å². The Labute approximate surface area is 70.1 Å². The molecule has 0 bridgehead atoms. The number of rotatable bonds is 1. The van der Waals surface area contributed by atoms with Gasteiger partial charge in [0.2, 0.25) is 0 Å². The molecule has 11 heavy (non-hydrogen) atoms. The van der Waals surface area contributed by atoms with Crippen LogP contribution in [0.4, 0.5) is 0 Å². The van der Waals surface area contributed by atoms with Gasteiger partial charge in [0.15, 0.2) is 0 Å². The average Bonchev–Trinajstić information content (AvgIpc) is 1.85. The Morgan fingerprint density at radius 3 is 2.55 bits per heavy atom. The van der Waals surface area contributed by atoms with Gasteiger partial charge >= 0.3 is 0 Å². The van der Waals surface area contributed by atoms with Crippen molar-refractivity contribution in [3.63, 3.8) is 0 Å². The third kappa shape index (κ3) is 3.76. The van der Waals surface area contributed by atoms with Gasteiger partial charge in [0.1, 0.15) is 0 Å². The zero-order valence-electron chi connectivity index (χ0n) is 8.02. The molecule has 0 aromatic rings. The normalized spacial score (nSPS) is 27.0. The molecule has 1 heteroatoms. The standard InChI is InChI=1S/C10H20O/c1-10(2,3)7-9-5-4-6-11-8-9/h9H,4-8H2,1-3H3/t9-/m1/s1. The van der Waals surface area contributed by atoms with Gasteiger partial charge in [-0.25, -0.2) is 0 Å². The van der Waals surface area contributed by atoms with Crippen molar-refractivity contribution in [1.82, 2.24) is 0 Å². The molecule has 0 amide bonds. The summed E-state index contributed by atoms with van der Waals surface area (Å²) in [7, 11) is 0. The summed E-state index contributed by atoms with van der Waals surface area (Å²) in [5.74, 6) is 0.823. The van der Waals surface area contributed by atoms with E-state index < -0.39 is 0 Å². The van der Waals surface area contributed by atoms with Crippen molar-refractivity contribution in [3.8, 4) is 0 Å². The van der Waals surface area contributed by atoms with E-state index in [4.69, 9.17) is 4.74 Å². The molecule has 0 aromatic carbocycles. The highest BCUT2D eigenvalue weighted by atomic mass is 16.5. The molecule has 1 aliphatic heterocycles. The maximum Gasteiger partial charge on any atom is 0.0494 e. The molecule has 1 heterocycles.